The molecule has 1 aromatic heterocycles. The van der Waals surface area contributed by atoms with Gasteiger partial charge in [-0.1, -0.05) is 0 Å². The molecule has 0 amide bonds. The van der Waals surface area contributed by atoms with E-state index in [4.69, 9.17) is 0 Å². The van der Waals surface area contributed by atoms with Gasteiger partial charge in [0.05, 0.1) is 0 Å². The Morgan fingerprint density at radius 3 is 2.42 bits per heavy atom. The molecule has 0 saturated carbocycles. The van der Waals surface area contributed by atoms with Gasteiger partial charge in [0.25, 0.3) is 0 Å². The highest BCUT2D eigenvalue weighted by Gasteiger charge is 2.04. The molecule has 0 aliphatic rings. The minimum Gasteiger partial charge on any atom is -0.295 e. The fourth-order valence-corrected chi connectivity index (χ4v) is 0.842. The van der Waals surface area contributed by atoms with Crippen LogP contribution in [-0.4, -0.2) is 16.6 Å². The molecule has 1 aromatic rings. The van der Waals surface area contributed by atoms with Crippen LogP contribution in [0.4, 0.5) is 0 Å². The van der Waals surface area contributed by atoms with Crippen molar-refractivity contribution in [3.63, 3.8) is 0 Å². The number of hydrogen-bond acceptors (Lipinski definition) is 3. The van der Waals surface area contributed by atoms with Gasteiger partial charge >= 0.3 is 0 Å². The highest BCUT2D eigenvalue weighted by molar-refractivity contribution is 5.98. The van der Waals surface area contributed by atoms with Crippen molar-refractivity contribution >= 4 is 11.6 Å². The molecule has 0 fully saturated rings. The maximum absolute atomic E-state index is 10.9. The number of rotatable bonds is 2. The lowest BCUT2D eigenvalue weighted by molar-refractivity contribution is 0.101. The molecule has 0 radical (unpaired) electrons. The van der Waals surface area contributed by atoms with E-state index in [1.54, 1.807) is 6.07 Å². The number of Topliss-reactive ketones (excluding diaryl/α,β-unsaturated/α-hetero) is 2. The van der Waals surface area contributed by atoms with E-state index in [1.807, 2.05) is 0 Å². The maximum Gasteiger partial charge on any atom is 0.178 e. The first-order valence-corrected chi connectivity index (χ1v) is 3.59. The lowest BCUT2D eigenvalue weighted by Crippen LogP contribution is -2.00. The molecule has 0 aliphatic heterocycles. The molecular weight excluding hydrogens is 154 g/mol. The Morgan fingerprint density at radius 2 is 1.92 bits per heavy atom. The zero-order chi connectivity index (χ0) is 9.14. The van der Waals surface area contributed by atoms with Gasteiger partial charge in [0.2, 0.25) is 0 Å². The van der Waals surface area contributed by atoms with Gasteiger partial charge < -0.3 is 0 Å². The molecule has 1 rings (SSSR count). The largest absolute Gasteiger partial charge is 0.295 e. The third-order valence-electron chi connectivity index (χ3n) is 1.53. The smallest absolute Gasteiger partial charge is 0.178 e. The predicted molar refractivity (Wildman–Crippen MR) is 44.2 cm³/mol. The van der Waals surface area contributed by atoms with Crippen molar-refractivity contribution in [1.82, 2.24) is 4.98 Å². The van der Waals surface area contributed by atoms with Gasteiger partial charge in [-0.15, -0.1) is 0 Å². The Morgan fingerprint density at radius 1 is 1.25 bits per heavy atom. The van der Waals surface area contributed by atoms with Crippen LogP contribution in [-0.2, 0) is 0 Å². The standard InChI is InChI=1S/C9H9NO2/c1-6(11)8-3-4-10-9(5-8)7(2)12/h3-5H,1-2H3. The lowest BCUT2D eigenvalue weighted by Gasteiger charge is -1.96. The summed E-state index contributed by atoms with van der Waals surface area (Å²) >= 11 is 0. The van der Waals surface area contributed by atoms with E-state index in [0.717, 1.165) is 0 Å². The molecule has 0 aliphatic carbocycles. The van der Waals surface area contributed by atoms with E-state index >= 15 is 0 Å². The van der Waals surface area contributed by atoms with Crippen molar-refractivity contribution in [3.8, 4) is 0 Å². The third-order valence-corrected chi connectivity index (χ3v) is 1.53. The second-order valence-electron chi connectivity index (χ2n) is 2.54. The molecule has 0 atom stereocenters. The third kappa shape index (κ3) is 1.75. The van der Waals surface area contributed by atoms with Crippen molar-refractivity contribution in [2.45, 2.75) is 13.8 Å². The summed E-state index contributed by atoms with van der Waals surface area (Å²) < 4.78 is 0. The number of nitrogens with zero attached hydrogens (tertiary/aromatic N) is 1. The molecule has 12 heavy (non-hydrogen) atoms. The number of pyridine rings is 1. The number of ketones is 2. The number of aromatic nitrogens is 1. The van der Waals surface area contributed by atoms with E-state index in [1.165, 1.54) is 26.1 Å². The second-order valence-corrected chi connectivity index (χ2v) is 2.54. The molecule has 1 heterocycles. The zero-order valence-corrected chi connectivity index (χ0v) is 7.00. The Balaban J connectivity index is 3.12. The Hall–Kier alpha value is -1.51. The molecule has 3 heteroatoms. The average molecular weight is 163 g/mol. The van der Waals surface area contributed by atoms with Crippen LogP contribution in [0, 0.1) is 0 Å². The molecule has 62 valence electrons. The minimum atomic E-state index is -0.127. The zero-order valence-electron chi connectivity index (χ0n) is 7.00. The summed E-state index contributed by atoms with van der Waals surface area (Å²) in [7, 11) is 0. The van der Waals surface area contributed by atoms with Crippen molar-refractivity contribution in [2.24, 2.45) is 0 Å². The van der Waals surface area contributed by atoms with Crippen molar-refractivity contribution < 1.29 is 9.59 Å². The normalized spacial score (nSPS) is 9.50. The minimum absolute atomic E-state index is 0.0556. The number of hydrogen-bond donors (Lipinski definition) is 0. The molecule has 0 saturated heterocycles. The van der Waals surface area contributed by atoms with Gasteiger partial charge in [0, 0.05) is 18.7 Å². The number of carbonyl (C=O) groups is 2. The van der Waals surface area contributed by atoms with Crippen LogP contribution in [0.2, 0.25) is 0 Å². The van der Waals surface area contributed by atoms with Gasteiger partial charge in [0.1, 0.15) is 5.69 Å². The SMILES string of the molecule is CC(=O)c1ccnc(C(C)=O)c1. The topological polar surface area (TPSA) is 47.0 Å². The Bertz CT molecular complexity index is 302. The first-order valence-electron chi connectivity index (χ1n) is 3.59. The van der Waals surface area contributed by atoms with Gasteiger partial charge in [-0.3, -0.25) is 14.6 Å². The molecule has 0 unspecified atom stereocenters. The predicted octanol–water partition coefficient (Wildman–Crippen LogP) is 1.49. The van der Waals surface area contributed by atoms with Crippen LogP contribution in [0.15, 0.2) is 18.3 Å². The Labute approximate surface area is 70.4 Å². The summed E-state index contributed by atoms with van der Waals surface area (Å²) in [5.74, 6) is -0.182. The monoisotopic (exact) mass is 163 g/mol. The molecule has 0 aromatic carbocycles. The van der Waals surface area contributed by atoms with Crippen molar-refractivity contribution in [1.29, 1.82) is 0 Å². The van der Waals surface area contributed by atoms with E-state index in [-0.39, 0.29) is 11.6 Å². The van der Waals surface area contributed by atoms with Gasteiger partial charge in [-0.25, -0.2) is 0 Å². The summed E-state index contributed by atoms with van der Waals surface area (Å²) in [6, 6.07) is 3.10. The van der Waals surface area contributed by atoms with Crippen molar-refractivity contribution in [2.75, 3.05) is 0 Å². The van der Waals surface area contributed by atoms with Crippen LogP contribution in [0.5, 0.6) is 0 Å². The van der Waals surface area contributed by atoms with Gasteiger partial charge in [-0.2, -0.15) is 0 Å². The fraction of sp³-hybridized carbons (Fsp3) is 0.222. The average Bonchev–Trinajstić information content (AvgIpc) is 2.04. The maximum atomic E-state index is 10.9. The summed E-state index contributed by atoms with van der Waals surface area (Å²) in [4.78, 5) is 25.5. The van der Waals surface area contributed by atoms with Crippen LogP contribution in [0.25, 0.3) is 0 Å². The fourth-order valence-electron chi connectivity index (χ4n) is 0.842. The van der Waals surface area contributed by atoms with E-state index in [2.05, 4.69) is 4.98 Å². The molecule has 0 N–H and O–H groups in total. The molecule has 3 nitrogen and oxygen atoms in total. The number of carbonyl (C=O) groups excluding carboxylic acids is 2. The van der Waals surface area contributed by atoms with Crippen molar-refractivity contribution in [3.05, 3.63) is 29.6 Å². The molecule has 0 spiro atoms. The van der Waals surface area contributed by atoms with Crippen LogP contribution in [0.1, 0.15) is 34.7 Å². The van der Waals surface area contributed by atoms with Crippen LogP contribution < -0.4 is 0 Å². The van der Waals surface area contributed by atoms with Gasteiger partial charge in [-0.05, 0) is 19.1 Å². The lowest BCUT2D eigenvalue weighted by atomic mass is 10.1. The summed E-state index contributed by atoms with van der Waals surface area (Å²) in [6.45, 7) is 2.88. The van der Waals surface area contributed by atoms with E-state index < -0.39 is 0 Å². The highest BCUT2D eigenvalue weighted by atomic mass is 16.1. The summed E-state index contributed by atoms with van der Waals surface area (Å²) in [6.07, 6.45) is 1.47. The molecular formula is C9H9NO2. The van der Waals surface area contributed by atoms with Gasteiger partial charge in [0.15, 0.2) is 11.6 Å². The summed E-state index contributed by atoms with van der Waals surface area (Å²) in [5.41, 5.74) is 0.859. The summed E-state index contributed by atoms with van der Waals surface area (Å²) in [5, 5.41) is 0. The Kier molecular flexibility index (Phi) is 2.33. The first kappa shape index (κ1) is 8.59. The van der Waals surface area contributed by atoms with Crippen LogP contribution in [0.3, 0.4) is 0 Å². The molecule has 0 bridgehead atoms. The van der Waals surface area contributed by atoms with E-state index in [9.17, 15) is 9.59 Å². The van der Waals surface area contributed by atoms with Crippen LogP contribution >= 0.6 is 0 Å². The second kappa shape index (κ2) is 3.26. The highest BCUT2D eigenvalue weighted by Crippen LogP contribution is 2.02. The first-order chi connectivity index (χ1) is 5.61. The quantitative estimate of drug-likeness (QED) is 0.620. The van der Waals surface area contributed by atoms with E-state index in [0.29, 0.717) is 11.3 Å².